The average Bonchev–Trinajstić information content (AvgIpc) is 3.06. The molecule has 2 aromatic rings. The molecule has 10 heteroatoms. The van der Waals surface area contributed by atoms with Gasteiger partial charge >= 0.3 is 5.97 Å². The molecular weight excluding hydrogens is 525 g/mol. The Balaban J connectivity index is 1.96. The summed E-state index contributed by atoms with van der Waals surface area (Å²) < 4.78 is 5.13. The van der Waals surface area contributed by atoms with E-state index in [9.17, 15) is 14.4 Å². The van der Waals surface area contributed by atoms with Gasteiger partial charge in [-0.25, -0.2) is 4.79 Å². The van der Waals surface area contributed by atoms with Crippen LogP contribution in [0.3, 0.4) is 0 Å². The third-order valence-corrected chi connectivity index (χ3v) is 7.67. The van der Waals surface area contributed by atoms with E-state index in [1.165, 1.54) is 7.11 Å². The zero-order valence-corrected chi connectivity index (χ0v) is 21.9. The van der Waals surface area contributed by atoms with Crippen LogP contribution in [-0.2, 0) is 24.5 Å². The van der Waals surface area contributed by atoms with Crippen LogP contribution < -0.4 is 16.0 Å². The molecule has 5 rings (SSSR count). The normalized spacial score (nSPS) is 22.6. The van der Waals surface area contributed by atoms with Gasteiger partial charge in [0.1, 0.15) is 16.8 Å². The summed E-state index contributed by atoms with van der Waals surface area (Å²) in [5, 5.41) is 3.82. The molecule has 7 nitrogen and oxygen atoms in total. The lowest BCUT2D eigenvalue weighted by atomic mass is 9.60. The van der Waals surface area contributed by atoms with E-state index >= 15 is 0 Å². The van der Waals surface area contributed by atoms with E-state index in [1.54, 1.807) is 41.3 Å². The van der Waals surface area contributed by atoms with Gasteiger partial charge in [-0.05, 0) is 48.2 Å². The number of benzene rings is 2. The highest BCUT2D eigenvalue weighted by atomic mass is 35.5. The third-order valence-electron chi connectivity index (χ3n) is 6.88. The zero-order chi connectivity index (χ0) is 26.2. The number of hydrogen-bond donors (Lipinski definition) is 2. The number of Topliss-reactive ketones (excluding diaryl/α,β-unsaturated/α-hetero) is 1. The van der Waals surface area contributed by atoms with E-state index in [4.69, 9.17) is 45.3 Å². The number of esters is 1. The van der Waals surface area contributed by atoms with Crippen LogP contribution >= 0.6 is 34.8 Å². The van der Waals surface area contributed by atoms with Gasteiger partial charge in [0, 0.05) is 39.0 Å². The molecule has 3 aliphatic rings. The smallest absolute Gasteiger partial charge is 0.339 e. The second kappa shape index (κ2) is 8.26. The van der Waals surface area contributed by atoms with Gasteiger partial charge in [-0.1, -0.05) is 48.7 Å². The number of amides is 1. The van der Waals surface area contributed by atoms with Crippen molar-refractivity contribution in [3.8, 4) is 0 Å². The van der Waals surface area contributed by atoms with Gasteiger partial charge in [0.2, 0.25) is 5.91 Å². The fourth-order valence-electron chi connectivity index (χ4n) is 5.54. The van der Waals surface area contributed by atoms with Crippen molar-refractivity contribution < 1.29 is 19.1 Å². The molecule has 0 saturated carbocycles. The molecule has 1 atom stereocenters. The Bertz CT molecular complexity index is 1450. The summed E-state index contributed by atoms with van der Waals surface area (Å²) >= 11 is 19.2. The highest BCUT2D eigenvalue weighted by Crippen LogP contribution is 2.58. The average molecular weight is 547 g/mol. The summed E-state index contributed by atoms with van der Waals surface area (Å²) in [7, 11) is 1.19. The number of carbonyl (C=O) groups is 3. The highest BCUT2D eigenvalue weighted by Gasteiger charge is 2.63. The molecule has 2 aromatic carbocycles. The predicted octanol–water partition coefficient (Wildman–Crippen LogP) is 5.34. The number of nitrogens with zero attached hydrogens (tertiary/aromatic N) is 1. The van der Waals surface area contributed by atoms with Crippen LogP contribution in [0.1, 0.15) is 32.3 Å². The first-order chi connectivity index (χ1) is 16.9. The highest BCUT2D eigenvalue weighted by molar-refractivity contribution is 6.35. The number of ether oxygens (including phenoxy) is 1. The summed E-state index contributed by atoms with van der Waals surface area (Å²) in [4.78, 5) is 42.9. The molecule has 36 heavy (non-hydrogen) atoms. The largest absolute Gasteiger partial charge is 0.466 e. The molecular formula is C26H22Cl3N3O4. The number of allylic oxidation sites excluding steroid dienone is 1. The minimum atomic E-state index is -1.85. The topological polar surface area (TPSA) is 102 Å². The number of rotatable bonds is 2. The quantitative estimate of drug-likeness (QED) is 0.493. The molecule has 1 amide bonds. The van der Waals surface area contributed by atoms with E-state index in [1.807, 2.05) is 13.8 Å². The third kappa shape index (κ3) is 3.37. The SMILES string of the molecule is COC(=O)C1=C(N)N(c2cc(Cl)ccc2Cl)C2=C(C(=O)CC(C)(C)C2)C12C(=O)Nc1ccc(Cl)cc12. The summed E-state index contributed by atoms with van der Waals surface area (Å²) in [5.41, 5.74) is 6.03. The molecule has 3 N–H and O–H groups in total. The molecule has 2 heterocycles. The van der Waals surface area contributed by atoms with Crippen LogP contribution in [0.25, 0.3) is 0 Å². The van der Waals surface area contributed by atoms with Crippen molar-refractivity contribution in [2.75, 3.05) is 17.3 Å². The molecule has 1 aliphatic carbocycles. The van der Waals surface area contributed by atoms with Crippen LogP contribution in [0.15, 0.2) is 59.1 Å². The van der Waals surface area contributed by atoms with E-state index in [2.05, 4.69) is 5.32 Å². The molecule has 0 aromatic heterocycles. The fraction of sp³-hybridized carbons (Fsp3) is 0.269. The monoisotopic (exact) mass is 545 g/mol. The Kier molecular flexibility index (Phi) is 5.67. The van der Waals surface area contributed by atoms with Crippen molar-refractivity contribution in [1.82, 2.24) is 0 Å². The maximum absolute atomic E-state index is 14.0. The van der Waals surface area contributed by atoms with Gasteiger partial charge < -0.3 is 15.8 Å². The number of methoxy groups -OCH3 is 1. The molecule has 0 radical (unpaired) electrons. The zero-order valence-electron chi connectivity index (χ0n) is 19.7. The van der Waals surface area contributed by atoms with Gasteiger partial charge in [0.25, 0.3) is 0 Å². The Labute approximate surface area is 222 Å². The van der Waals surface area contributed by atoms with Gasteiger partial charge in [-0.15, -0.1) is 0 Å². The van der Waals surface area contributed by atoms with E-state index in [0.29, 0.717) is 44.1 Å². The summed E-state index contributed by atoms with van der Waals surface area (Å²) in [6, 6.07) is 9.64. The van der Waals surface area contributed by atoms with Crippen molar-refractivity contribution in [3.63, 3.8) is 0 Å². The van der Waals surface area contributed by atoms with Crippen molar-refractivity contribution in [2.24, 2.45) is 11.1 Å². The molecule has 0 saturated heterocycles. The van der Waals surface area contributed by atoms with Crippen molar-refractivity contribution in [2.45, 2.75) is 32.1 Å². The predicted molar refractivity (Wildman–Crippen MR) is 139 cm³/mol. The van der Waals surface area contributed by atoms with Gasteiger partial charge in [-0.2, -0.15) is 0 Å². The van der Waals surface area contributed by atoms with Crippen LogP contribution in [0.2, 0.25) is 15.1 Å². The van der Waals surface area contributed by atoms with Crippen LogP contribution in [0, 0.1) is 5.41 Å². The van der Waals surface area contributed by atoms with Crippen LogP contribution in [0.4, 0.5) is 11.4 Å². The first-order valence-corrected chi connectivity index (χ1v) is 12.3. The number of hydrogen-bond acceptors (Lipinski definition) is 6. The minimum Gasteiger partial charge on any atom is -0.466 e. The van der Waals surface area contributed by atoms with Gasteiger partial charge in [-0.3, -0.25) is 14.5 Å². The van der Waals surface area contributed by atoms with E-state index in [0.717, 1.165) is 0 Å². The number of fused-ring (bicyclic) bond motifs is 3. The van der Waals surface area contributed by atoms with E-state index < -0.39 is 22.7 Å². The lowest BCUT2D eigenvalue weighted by molar-refractivity contribution is -0.138. The summed E-state index contributed by atoms with van der Waals surface area (Å²) in [5.74, 6) is -1.82. The Morgan fingerprint density at radius 3 is 2.42 bits per heavy atom. The number of carbonyl (C=O) groups excluding carboxylic acids is 3. The maximum Gasteiger partial charge on any atom is 0.339 e. The van der Waals surface area contributed by atoms with Crippen molar-refractivity contribution in [1.29, 1.82) is 0 Å². The molecule has 0 fully saturated rings. The van der Waals surface area contributed by atoms with Crippen LogP contribution in [0.5, 0.6) is 0 Å². The van der Waals surface area contributed by atoms with E-state index in [-0.39, 0.29) is 29.2 Å². The second-order valence-electron chi connectivity index (χ2n) is 9.84. The van der Waals surface area contributed by atoms with Crippen LogP contribution in [-0.4, -0.2) is 24.8 Å². The standard InChI is InChI=1S/C26H22Cl3N3O4/c1-25(2)10-18-20(19(33)11-25)26(14-8-12(27)5-7-16(14)31-24(26)35)21(23(34)36-3)22(30)32(18)17-9-13(28)4-6-15(17)29/h4-9H,10-11,30H2,1-3H3,(H,31,35). The van der Waals surface area contributed by atoms with Gasteiger partial charge in [0.15, 0.2) is 5.78 Å². The molecule has 0 bridgehead atoms. The molecule has 1 spiro atoms. The Morgan fingerprint density at radius 1 is 1.06 bits per heavy atom. The molecule has 2 aliphatic heterocycles. The molecule has 186 valence electrons. The summed E-state index contributed by atoms with van der Waals surface area (Å²) in [6.45, 7) is 3.91. The lowest BCUT2D eigenvalue weighted by Gasteiger charge is -2.47. The maximum atomic E-state index is 14.0. The number of ketones is 1. The second-order valence-corrected chi connectivity index (χ2v) is 11.1. The van der Waals surface area contributed by atoms with Gasteiger partial charge in [0.05, 0.1) is 17.8 Å². The Hall–Kier alpha value is -3.00. The number of anilines is 2. The lowest BCUT2D eigenvalue weighted by Crippen LogP contribution is -2.54. The Morgan fingerprint density at radius 2 is 1.72 bits per heavy atom. The number of nitrogens with one attached hydrogen (secondary N) is 1. The first-order valence-electron chi connectivity index (χ1n) is 11.1. The molecule has 1 unspecified atom stereocenters. The minimum absolute atomic E-state index is 0.0850. The van der Waals surface area contributed by atoms with Crippen molar-refractivity contribution >= 4 is 63.8 Å². The summed E-state index contributed by atoms with van der Waals surface area (Å²) in [6.07, 6.45) is 0.527. The van der Waals surface area contributed by atoms with Crippen molar-refractivity contribution in [3.05, 3.63) is 79.7 Å². The fourth-order valence-corrected chi connectivity index (χ4v) is 6.08. The number of nitrogens with two attached hydrogens (primary N) is 1. The first kappa shape index (κ1) is 24.7. The number of halogens is 3.